The first kappa shape index (κ1) is 26.5. The second kappa shape index (κ2) is 11.7. The summed E-state index contributed by atoms with van der Waals surface area (Å²) in [7, 11) is 3.03. The number of fused-ring (bicyclic) bond motifs is 1. The van der Waals surface area contributed by atoms with Crippen LogP contribution in [0.15, 0.2) is 54.6 Å². The average molecular weight is 538 g/mol. The average Bonchev–Trinajstić information content (AvgIpc) is 3.43. The number of nitrogens with zero attached hydrogens (tertiary/aromatic N) is 1. The summed E-state index contributed by atoms with van der Waals surface area (Å²) in [6.07, 6.45) is 1.90. The van der Waals surface area contributed by atoms with E-state index < -0.39 is 5.92 Å². The minimum absolute atomic E-state index is 0.0223. The Morgan fingerprint density at radius 2 is 1.85 bits per heavy atom. The van der Waals surface area contributed by atoms with Crippen LogP contribution < -0.4 is 23.7 Å². The number of halogens is 1. The van der Waals surface area contributed by atoms with Crippen molar-refractivity contribution in [2.24, 2.45) is 5.92 Å². The molecule has 0 spiro atoms. The van der Waals surface area contributed by atoms with E-state index in [0.717, 1.165) is 18.4 Å². The van der Waals surface area contributed by atoms with Gasteiger partial charge in [-0.3, -0.25) is 4.79 Å². The summed E-state index contributed by atoms with van der Waals surface area (Å²) in [6, 6.07) is 14.7. The highest BCUT2D eigenvalue weighted by atomic mass is 19.1. The third-order valence-electron chi connectivity index (χ3n) is 7.25. The Morgan fingerprint density at radius 1 is 1.05 bits per heavy atom. The predicted molar refractivity (Wildman–Crippen MR) is 141 cm³/mol. The number of amides is 1. The summed E-state index contributed by atoms with van der Waals surface area (Å²) in [5.41, 5.74) is 1.29. The number of likely N-dealkylation sites (tertiary alicyclic amines) is 1. The Balaban J connectivity index is 1.37. The third-order valence-corrected chi connectivity index (χ3v) is 7.25. The van der Waals surface area contributed by atoms with E-state index in [1.165, 1.54) is 32.4 Å². The molecule has 9 heteroatoms. The van der Waals surface area contributed by atoms with Crippen molar-refractivity contribution >= 4 is 5.91 Å². The second-order valence-electron chi connectivity index (χ2n) is 9.74. The zero-order valence-corrected chi connectivity index (χ0v) is 22.0. The van der Waals surface area contributed by atoms with Crippen LogP contribution in [0.1, 0.15) is 36.3 Å². The molecule has 0 radical (unpaired) electrons. The highest BCUT2D eigenvalue weighted by molar-refractivity contribution is 5.78. The molecule has 3 aromatic carbocycles. The van der Waals surface area contributed by atoms with Gasteiger partial charge in [-0.05, 0) is 54.8 Å². The molecule has 0 saturated carbocycles. The summed E-state index contributed by atoms with van der Waals surface area (Å²) < 4.78 is 41.1. The molecule has 3 aromatic rings. The van der Waals surface area contributed by atoms with E-state index in [4.69, 9.17) is 23.7 Å². The maximum atomic E-state index is 13.7. The van der Waals surface area contributed by atoms with Crippen LogP contribution in [0.5, 0.6) is 34.5 Å². The number of phenolic OH excluding ortho intramolecular Hbond substituents is 1. The van der Waals surface area contributed by atoms with E-state index >= 15 is 0 Å². The van der Waals surface area contributed by atoms with Gasteiger partial charge in [-0.2, -0.15) is 0 Å². The molecule has 2 aliphatic rings. The normalized spacial score (nSPS) is 17.0. The zero-order chi connectivity index (χ0) is 27.4. The molecule has 1 saturated heterocycles. The number of phenols is 1. The van der Waals surface area contributed by atoms with E-state index in [-0.39, 0.29) is 36.6 Å². The quantitative estimate of drug-likeness (QED) is 0.406. The molecule has 0 bridgehead atoms. The van der Waals surface area contributed by atoms with Crippen molar-refractivity contribution in [2.75, 3.05) is 40.7 Å². The Labute approximate surface area is 226 Å². The van der Waals surface area contributed by atoms with Crippen molar-refractivity contribution in [3.63, 3.8) is 0 Å². The fraction of sp³-hybridized carbons (Fsp3) is 0.367. The molecule has 0 aromatic heterocycles. The van der Waals surface area contributed by atoms with Gasteiger partial charge >= 0.3 is 0 Å². The van der Waals surface area contributed by atoms with Gasteiger partial charge in [0.05, 0.1) is 20.8 Å². The van der Waals surface area contributed by atoms with Gasteiger partial charge in [-0.15, -0.1) is 0 Å². The Hall–Kier alpha value is -4.14. The minimum atomic E-state index is -0.510. The topological polar surface area (TPSA) is 86.7 Å². The zero-order valence-electron chi connectivity index (χ0n) is 22.0. The maximum Gasteiger partial charge on any atom is 0.231 e. The van der Waals surface area contributed by atoms with Crippen LogP contribution in [0.3, 0.4) is 0 Å². The smallest absolute Gasteiger partial charge is 0.231 e. The van der Waals surface area contributed by atoms with Crippen molar-refractivity contribution in [2.45, 2.75) is 25.2 Å². The van der Waals surface area contributed by atoms with Crippen LogP contribution in [0.4, 0.5) is 4.39 Å². The lowest BCUT2D eigenvalue weighted by atomic mass is 9.86. The Kier molecular flexibility index (Phi) is 7.95. The van der Waals surface area contributed by atoms with Crippen molar-refractivity contribution < 1.29 is 38.0 Å². The molecule has 1 amide bonds. The summed E-state index contributed by atoms with van der Waals surface area (Å²) in [5.74, 6) is 1.97. The number of aromatic hydroxyl groups is 1. The largest absolute Gasteiger partial charge is 0.507 e. The summed E-state index contributed by atoms with van der Waals surface area (Å²) in [4.78, 5) is 15.6. The number of benzene rings is 3. The van der Waals surface area contributed by atoms with E-state index in [9.17, 15) is 14.3 Å². The number of hydrogen-bond acceptors (Lipinski definition) is 7. The van der Waals surface area contributed by atoms with Gasteiger partial charge in [0.15, 0.2) is 11.5 Å². The van der Waals surface area contributed by atoms with Crippen LogP contribution in [-0.2, 0) is 4.79 Å². The van der Waals surface area contributed by atoms with Gasteiger partial charge in [0.25, 0.3) is 0 Å². The minimum Gasteiger partial charge on any atom is -0.507 e. The van der Waals surface area contributed by atoms with E-state index in [2.05, 4.69) is 0 Å². The highest BCUT2D eigenvalue weighted by Gasteiger charge is 2.31. The standard InChI is InChI=1S/C30H32FNO7/c1-35-23-13-25(33)30(28(14-23)36-2)24(20-5-10-26-27(12-20)39-18-38-26)15-29(34)32-11-3-4-19(16-32)17-37-22-8-6-21(31)7-9-22/h5-10,12-14,19,24,33H,3-4,11,15-18H2,1-2H3. The molecule has 1 N–H and O–H groups in total. The van der Waals surface area contributed by atoms with Crippen LogP contribution in [0.2, 0.25) is 0 Å². The fourth-order valence-electron chi connectivity index (χ4n) is 5.22. The first-order valence-corrected chi connectivity index (χ1v) is 13.0. The second-order valence-corrected chi connectivity index (χ2v) is 9.74. The summed E-state index contributed by atoms with van der Waals surface area (Å²) in [5, 5.41) is 11.0. The molecule has 5 rings (SSSR count). The van der Waals surface area contributed by atoms with Crippen LogP contribution in [-0.4, -0.2) is 56.6 Å². The number of ether oxygens (including phenoxy) is 5. The van der Waals surface area contributed by atoms with Crippen LogP contribution in [0, 0.1) is 11.7 Å². The molecule has 1 fully saturated rings. The molecule has 0 aliphatic carbocycles. The van der Waals surface area contributed by atoms with E-state index in [1.54, 1.807) is 18.2 Å². The number of carbonyl (C=O) groups excluding carboxylic acids is 1. The predicted octanol–water partition coefficient (Wildman–Crippen LogP) is 5.12. The molecular formula is C30H32FNO7. The number of rotatable bonds is 9. The molecular weight excluding hydrogens is 505 g/mol. The molecule has 2 heterocycles. The summed E-state index contributed by atoms with van der Waals surface area (Å²) in [6.45, 7) is 1.77. The lowest BCUT2D eigenvalue weighted by Gasteiger charge is -2.34. The molecule has 2 aliphatic heterocycles. The van der Waals surface area contributed by atoms with Gasteiger partial charge < -0.3 is 33.7 Å². The van der Waals surface area contributed by atoms with Crippen LogP contribution in [0.25, 0.3) is 0 Å². The molecule has 8 nitrogen and oxygen atoms in total. The first-order chi connectivity index (χ1) is 18.9. The third kappa shape index (κ3) is 5.97. The van der Waals surface area contributed by atoms with Crippen molar-refractivity contribution in [3.05, 3.63) is 71.5 Å². The molecule has 2 unspecified atom stereocenters. The van der Waals surface area contributed by atoms with Crippen molar-refractivity contribution in [3.8, 4) is 34.5 Å². The lowest BCUT2D eigenvalue weighted by Crippen LogP contribution is -2.42. The van der Waals surface area contributed by atoms with Gasteiger partial charge in [0.2, 0.25) is 12.7 Å². The lowest BCUT2D eigenvalue weighted by molar-refractivity contribution is -0.133. The van der Waals surface area contributed by atoms with Gasteiger partial charge in [0, 0.05) is 49.0 Å². The Bertz CT molecular complexity index is 1310. The van der Waals surface area contributed by atoms with E-state index in [1.807, 2.05) is 23.1 Å². The SMILES string of the molecule is COc1cc(O)c(C(CC(=O)N2CCCC(COc3ccc(F)cc3)C2)c2ccc3c(c2)OCO3)c(OC)c1. The van der Waals surface area contributed by atoms with E-state index in [0.29, 0.717) is 54.0 Å². The number of carbonyl (C=O) groups is 1. The summed E-state index contributed by atoms with van der Waals surface area (Å²) >= 11 is 0. The number of piperidine rings is 1. The van der Waals surface area contributed by atoms with Crippen LogP contribution >= 0.6 is 0 Å². The number of hydrogen-bond donors (Lipinski definition) is 1. The Morgan fingerprint density at radius 3 is 2.62 bits per heavy atom. The molecule has 2 atom stereocenters. The fourth-order valence-corrected chi connectivity index (χ4v) is 5.22. The highest BCUT2D eigenvalue weighted by Crippen LogP contribution is 2.45. The van der Waals surface area contributed by atoms with Gasteiger partial charge in [-0.25, -0.2) is 4.39 Å². The van der Waals surface area contributed by atoms with Crippen molar-refractivity contribution in [1.82, 2.24) is 4.90 Å². The van der Waals surface area contributed by atoms with Gasteiger partial charge in [0.1, 0.15) is 28.8 Å². The monoisotopic (exact) mass is 537 g/mol. The maximum absolute atomic E-state index is 13.7. The first-order valence-electron chi connectivity index (χ1n) is 13.0. The van der Waals surface area contributed by atoms with Crippen molar-refractivity contribution in [1.29, 1.82) is 0 Å². The van der Waals surface area contributed by atoms with Gasteiger partial charge in [-0.1, -0.05) is 6.07 Å². The molecule has 39 heavy (non-hydrogen) atoms. The number of methoxy groups -OCH3 is 2. The molecule has 206 valence electrons.